The molecule has 0 saturated heterocycles. The largest absolute Gasteiger partial charge is 0.399 e. The van der Waals surface area contributed by atoms with Gasteiger partial charge in [-0.3, -0.25) is 4.79 Å². The third-order valence-corrected chi connectivity index (χ3v) is 2.95. The zero-order valence-corrected chi connectivity index (χ0v) is 10.9. The van der Waals surface area contributed by atoms with Crippen LogP contribution in [0.15, 0.2) is 18.2 Å². The average molecular weight is 235 g/mol. The first-order valence-electron chi connectivity index (χ1n) is 5.72. The number of hydrogen-bond donors (Lipinski definition) is 2. The summed E-state index contributed by atoms with van der Waals surface area (Å²) in [5, 5.41) is 2.91. The predicted molar refractivity (Wildman–Crippen MR) is 71.1 cm³/mol. The Kier molecular flexibility index (Phi) is 4.52. The normalized spacial score (nSPS) is 12.5. The molecule has 1 unspecified atom stereocenters. The summed E-state index contributed by atoms with van der Waals surface area (Å²) < 4.78 is 0. The van der Waals surface area contributed by atoms with Gasteiger partial charge in [0.15, 0.2) is 0 Å². The number of anilines is 1. The van der Waals surface area contributed by atoms with Crippen molar-refractivity contribution < 1.29 is 4.79 Å². The Morgan fingerprint density at radius 2 is 2.12 bits per heavy atom. The van der Waals surface area contributed by atoms with Gasteiger partial charge in [0, 0.05) is 23.8 Å². The molecule has 94 valence electrons. The van der Waals surface area contributed by atoms with Gasteiger partial charge in [0.2, 0.25) is 0 Å². The van der Waals surface area contributed by atoms with Crippen LogP contribution in [0.1, 0.15) is 22.8 Å². The van der Waals surface area contributed by atoms with Crippen LogP contribution >= 0.6 is 0 Å². The zero-order valence-electron chi connectivity index (χ0n) is 10.9. The van der Waals surface area contributed by atoms with Crippen molar-refractivity contribution in [2.24, 2.45) is 0 Å². The van der Waals surface area contributed by atoms with Crippen LogP contribution in [0.2, 0.25) is 0 Å². The van der Waals surface area contributed by atoms with Crippen molar-refractivity contribution in [3.8, 4) is 0 Å². The fourth-order valence-corrected chi connectivity index (χ4v) is 1.40. The second kappa shape index (κ2) is 5.68. The molecule has 1 rings (SSSR count). The molecule has 1 aromatic rings. The van der Waals surface area contributed by atoms with Crippen LogP contribution in [0.5, 0.6) is 0 Å². The minimum Gasteiger partial charge on any atom is -0.399 e. The van der Waals surface area contributed by atoms with E-state index in [9.17, 15) is 4.79 Å². The molecular formula is C13H21N3O. The Morgan fingerprint density at radius 3 is 2.71 bits per heavy atom. The van der Waals surface area contributed by atoms with Gasteiger partial charge >= 0.3 is 0 Å². The number of hydrogen-bond acceptors (Lipinski definition) is 3. The third kappa shape index (κ3) is 3.75. The van der Waals surface area contributed by atoms with Crippen LogP contribution in [0.25, 0.3) is 0 Å². The number of nitrogens with two attached hydrogens (primary N) is 1. The van der Waals surface area contributed by atoms with E-state index in [2.05, 4.69) is 17.1 Å². The Morgan fingerprint density at radius 1 is 1.47 bits per heavy atom. The van der Waals surface area contributed by atoms with Gasteiger partial charge in [0.25, 0.3) is 5.91 Å². The van der Waals surface area contributed by atoms with Crippen molar-refractivity contribution in [1.82, 2.24) is 10.2 Å². The highest BCUT2D eigenvalue weighted by Crippen LogP contribution is 2.12. The molecular weight excluding hydrogens is 214 g/mol. The van der Waals surface area contributed by atoms with Gasteiger partial charge in [-0.2, -0.15) is 0 Å². The highest BCUT2D eigenvalue weighted by Gasteiger charge is 2.11. The molecule has 3 N–H and O–H groups in total. The number of nitrogens with one attached hydrogen (secondary N) is 1. The van der Waals surface area contributed by atoms with Crippen molar-refractivity contribution in [1.29, 1.82) is 0 Å². The van der Waals surface area contributed by atoms with Gasteiger partial charge in [0.05, 0.1) is 0 Å². The average Bonchev–Trinajstić information content (AvgIpc) is 2.28. The van der Waals surface area contributed by atoms with Crippen LogP contribution in [0, 0.1) is 6.92 Å². The van der Waals surface area contributed by atoms with Crippen molar-refractivity contribution in [3.05, 3.63) is 29.3 Å². The molecule has 0 saturated carbocycles. The highest BCUT2D eigenvalue weighted by molar-refractivity contribution is 5.96. The molecule has 0 heterocycles. The molecule has 0 fully saturated rings. The Balaban J connectivity index is 2.67. The molecule has 0 spiro atoms. The number of rotatable bonds is 4. The van der Waals surface area contributed by atoms with Crippen molar-refractivity contribution >= 4 is 11.6 Å². The molecule has 1 aromatic carbocycles. The maximum Gasteiger partial charge on any atom is 0.251 e. The van der Waals surface area contributed by atoms with E-state index >= 15 is 0 Å². The highest BCUT2D eigenvalue weighted by atomic mass is 16.1. The predicted octanol–water partition coefficient (Wildman–Crippen LogP) is 1.26. The first-order valence-corrected chi connectivity index (χ1v) is 5.72. The van der Waals surface area contributed by atoms with Gasteiger partial charge in [-0.05, 0) is 45.6 Å². The van der Waals surface area contributed by atoms with E-state index in [-0.39, 0.29) is 5.91 Å². The fourth-order valence-electron chi connectivity index (χ4n) is 1.40. The quantitative estimate of drug-likeness (QED) is 0.772. The SMILES string of the molecule is Cc1ccc(N)cc1C(=O)NCC(C)N(C)C. The summed E-state index contributed by atoms with van der Waals surface area (Å²) in [5.41, 5.74) is 7.88. The number of carbonyl (C=O) groups is 1. The lowest BCUT2D eigenvalue weighted by atomic mass is 10.1. The minimum absolute atomic E-state index is 0.0662. The van der Waals surface area contributed by atoms with Gasteiger partial charge in [-0.15, -0.1) is 0 Å². The number of amides is 1. The number of likely N-dealkylation sites (N-methyl/N-ethyl adjacent to an activating group) is 1. The molecule has 4 heteroatoms. The maximum absolute atomic E-state index is 12.0. The van der Waals surface area contributed by atoms with E-state index in [4.69, 9.17) is 5.73 Å². The number of aryl methyl sites for hydroxylation is 1. The van der Waals surface area contributed by atoms with Crippen molar-refractivity contribution in [2.45, 2.75) is 19.9 Å². The molecule has 0 aliphatic heterocycles. The first-order chi connectivity index (χ1) is 7.91. The summed E-state index contributed by atoms with van der Waals surface area (Å²) in [6.45, 7) is 4.59. The van der Waals surface area contributed by atoms with E-state index in [0.717, 1.165) is 5.56 Å². The summed E-state index contributed by atoms with van der Waals surface area (Å²) in [7, 11) is 3.98. The molecule has 0 aromatic heterocycles. The summed E-state index contributed by atoms with van der Waals surface area (Å²) >= 11 is 0. The monoisotopic (exact) mass is 235 g/mol. The number of benzene rings is 1. The van der Waals surface area contributed by atoms with E-state index in [1.54, 1.807) is 12.1 Å². The molecule has 1 atom stereocenters. The van der Waals surface area contributed by atoms with Crippen LogP contribution in [0.4, 0.5) is 5.69 Å². The first kappa shape index (κ1) is 13.5. The third-order valence-electron chi connectivity index (χ3n) is 2.95. The lowest BCUT2D eigenvalue weighted by Gasteiger charge is -2.20. The topological polar surface area (TPSA) is 58.4 Å². The molecule has 1 amide bonds. The Bertz CT molecular complexity index is 402. The summed E-state index contributed by atoms with van der Waals surface area (Å²) in [6.07, 6.45) is 0. The van der Waals surface area contributed by atoms with Gasteiger partial charge in [-0.25, -0.2) is 0 Å². The number of carbonyl (C=O) groups excluding carboxylic acids is 1. The van der Waals surface area contributed by atoms with E-state index in [0.29, 0.717) is 23.8 Å². The van der Waals surface area contributed by atoms with Crippen molar-refractivity contribution in [3.63, 3.8) is 0 Å². The summed E-state index contributed by atoms with van der Waals surface area (Å²) in [6, 6.07) is 5.68. The second-order valence-corrected chi connectivity index (χ2v) is 4.60. The smallest absolute Gasteiger partial charge is 0.251 e. The molecule has 0 aliphatic carbocycles. The Labute approximate surface area is 103 Å². The van der Waals surface area contributed by atoms with Crippen LogP contribution in [-0.4, -0.2) is 37.5 Å². The maximum atomic E-state index is 12.0. The van der Waals surface area contributed by atoms with Crippen LogP contribution in [0.3, 0.4) is 0 Å². The van der Waals surface area contributed by atoms with Crippen molar-refractivity contribution in [2.75, 3.05) is 26.4 Å². The minimum atomic E-state index is -0.0662. The summed E-state index contributed by atoms with van der Waals surface area (Å²) in [4.78, 5) is 14.0. The van der Waals surface area contributed by atoms with Crippen LogP contribution < -0.4 is 11.1 Å². The standard InChI is InChI=1S/C13H21N3O/c1-9-5-6-11(14)7-12(9)13(17)15-8-10(2)16(3)4/h5-7,10H,8,14H2,1-4H3,(H,15,17). The molecule has 4 nitrogen and oxygen atoms in total. The summed E-state index contributed by atoms with van der Waals surface area (Å²) in [5.74, 6) is -0.0662. The Hall–Kier alpha value is -1.55. The van der Waals surface area contributed by atoms with Gasteiger partial charge in [-0.1, -0.05) is 6.07 Å². The lowest BCUT2D eigenvalue weighted by molar-refractivity contribution is 0.0943. The number of nitrogen functional groups attached to an aromatic ring is 1. The van der Waals surface area contributed by atoms with Gasteiger partial charge < -0.3 is 16.0 Å². The molecule has 17 heavy (non-hydrogen) atoms. The van der Waals surface area contributed by atoms with E-state index in [1.165, 1.54) is 0 Å². The molecule has 0 aliphatic rings. The molecule has 0 bridgehead atoms. The van der Waals surface area contributed by atoms with Crippen LogP contribution in [-0.2, 0) is 0 Å². The van der Waals surface area contributed by atoms with E-state index in [1.807, 2.05) is 27.1 Å². The second-order valence-electron chi connectivity index (χ2n) is 4.60. The lowest BCUT2D eigenvalue weighted by Crippen LogP contribution is -2.38. The molecule has 0 radical (unpaired) electrons. The van der Waals surface area contributed by atoms with Gasteiger partial charge in [0.1, 0.15) is 0 Å². The zero-order chi connectivity index (χ0) is 13.0. The number of nitrogens with zero attached hydrogens (tertiary/aromatic N) is 1. The van der Waals surface area contributed by atoms with E-state index < -0.39 is 0 Å². The fraction of sp³-hybridized carbons (Fsp3) is 0.462.